The van der Waals surface area contributed by atoms with Gasteiger partial charge in [-0.25, -0.2) is 4.39 Å². The predicted octanol–water partition coefficient (Wildman–Crippen LogP) is 5.37. The fourth-order valence-electron chi connectivity index (χ4n) is 6.41. The van der Waals surface area contributed by atoms with Gasteiger partial charge in [0.2, 0.25) is 0 Å². The molecule has 3 aromatic rings. The molecule has 8 heteroatoms. The van der Waals surface area contributed by atoms with Gasteiger partial charge >= 0.3 is 0 Å². The van der Waals surface area contributed by atoms with Gasteiger partial charge in [0.1, 0.15) is 6.17 Å². The monoisotopic (exact) mass is 524 g/mol. The lowest BCUT2D eigenvalue weighted by atomic mass is 9.80. The van der Waals surface area contributed by atoms with Gasteiger partial charge in [-0.15, -0.1) is 11.8 Å². The number of hydrogen-bond acceptors (Lipinski definition) is 4. The number of carbonyl (C=O) groups is 1. The minimum absolute atomic E-state index is 0.158. The first-order valence-corrected chi connectivity index (χ1v) is 14.5. The summed E-state index contributed by atoms with van der Waals surface area (Å²) >= 11 is 1.51. The average molecular weight is 525 g/mol. The van der Waals surface area contributed by atoms with Crippen LogP contribution in [0.5, 0.6) is 0 Å². The second-order valence-corrected chi connectivity index (χ2v) is 11.6. The number of carbonyl (C=O) groups excluding carboxylic acids is 1. The number of amides is 1. The molecule has 2 aliphatic rings. The maximum atomic E-state index is 13.5. The summed E-state index contributed by atoms with van der Waals surface area (Å²) in [7, 11) is 0. The van der Waals surface area contributed by atoms with E-state index in [2.05, 4.69) is 32.8 Å². The maximum Gasteiger partial charge on any atom is 0.254 e. The Morgan fingerprint density at radius 1 is 1.19 bits per heavy atom. The number of pyridine rings is 1. The van der Waals surface area contributed by atoms with Crippen LogP contribution in [0.3, 0.4) is 0 Å². The third-order valence-electron chi connectivity index (χ3n) is 8.47. The number of aromatic nitrogens is 2. The number of thioether (sulfide) groups is 1. The van der Waals surface area contributed by atoms with E-state index in [1.54, 1.807) is 0 Å². The first-order chi connectivity index (χ1) is 17.8. The number of hydrogen-bond donors (Lipinski definition) is 2. The number of rotatable bonds is 7. The van der Waals surface area contributed by atoms with Crippen molar-refractivity contribution in [2.24, 2.45) is 5.92 Å². The molecule has 5 rings (SSSR count). The first-order valence-electron chi connectivity index (χ1n) is 13.3. The van der Waals surface area contributed by atoms with Gasteiger partial charge in [0.25, 0.3) is 11.5 Å². The summed E-state index contributed by atoms with van der Waals surface area (Å²) < 4.78 is 15.7. The van der Waals surface area contributed by atoms with E-state index in [0.717, 1.165) is 52.9 Å². The average Bonchev–Trinajstić information content (AvgIpc) is 3.17. The number of likely N-dealkylation sites (tertiary alicyclic amines) is 1. The molecule has 2 N–H and O–H groups in total. The number of fused-ring (bicyclic) bond motifs is 1. The van der Waals surface area contributed by atoms with Gasteiger partial charge in [0.05, 0.1) is 5.56 Å². The second kappa shape index (κ2) is 10.7. The first kappa shape index (κ1) is 26.0. The Kier molecular flexibility index (Phi) is 7.50. The quantitative estimate of drug-likeness (QED) is 0.408. The number of H-pyrrole nitrogens is 1. The molecule has 198 valence electrons. The molecule has 37 heavy (non-hydrogen) atoms. The Morgan fingerprint density at radius 3 is 2.57 bits per heavy atom. The van der Waals surface area contributed by atoms with Crippen LogP contribution in [-0.4, -0.2) is 51.9 Å². The lowest BCUT2D eigenvalue weighted by molar-refractivity contribution is 0.00542. The lowest BCUT2D eigenvalue weighted by Gasteiger charge is -2.44. The Balaban J connectivity index is 1.37. The molecular formula is C29H37FN4O2S. The van der Waals surface area contributed by atoms with Crippen molar-refractivity contribution in [1.29, 1.82) is 0 Å². The van der Waals surface area contributed by atoms with E-state index in [0.29, 0.717) is 36.2 Å². The summed E-state index contributed by atoms with van der Waals surface area (Å²) in [5.74, 6) is 0.355. The third-order valence-corrected chi connectivity index (χ3v) is 9.28. The molecule has 1 saturated heterocycles. The summed E-state index contributed by atoms with van der Waals surface area (Å²) in [4.78, 5) is 32.1. The van der Waals surface area contributed by atoms with Crippen molar-refractivity contribution >= 4 is 28.6 Å². The highest BCUT2D eigenvalue weighted by Crippen LogP contribution is 2.39. The molecule has 2 fully saturated rings. The molecule has 3 heterocycles. The Bertz CT molecular complexity index is 1350. The summed E-state index contributed by atoms with van der Waals surface area (Å²) in [6, 6.07) is 10.8. The van der Waals surface area contributed by atoms with Crippen LogP contribution in [0, 0.1) is 19.8 Å². The van der Waals surface area contributed by atoms with Gasteiger partial charge in [0.15, 0.2) is 0 Å². The number of benzene rings is 1. The number of nitrogens with zero attached hydrogens (tertiary/aromatic N) is 2. The van der Waals surface area contributed by atoms with Gasteiger partial charge in [-0.05, 0) is 70.8 Å². The number of aromatic amines is 1. The largest absolute Gasteiger partial charge is 0.348 e. The van der Waals surface area contributed by atoms with Crippen LogP contribution in [0.2, 0.25) is 0 Å². The zero-order valence-corrected chi connectivity index (χ0v) is 23.0. The van der Waals surface area contributed by atoms with Crippen molar-refractivity contribution in [3.8, 4) is 0 Å². The van der Waals surface area contributed by atoms with Gasteiger partial charge in [0, 0.05) is 64.5 Å². The molecule has 1 atom stereocenters. The maximum absolute atomic E-state index is 13.5. The van der Waals surface area contributed by atoms with E-state index in [1.165, 1.54) is 11.8 Å². The van der Waals surface area contributed by atoms with Gasteiger partial charge in [-0.2, -0.15) is 0 Å². The molecule has 0 bridgehead atoms. The van der Waals surface area contributed by atoms with Gasteiger partial charge < -0.3 is 14.9 Å². The Hall–Kier alpha value is -2.58. The zero-order chi connectivity index (χ0) is 26.3. The predicted molar refractivity (Wildman–Crippen MR) is 148 cm³/mol. The number of halogens is 1. The molecule has 1 amide bonds. The number of aryl methyl sites for hydroxylation is 1. The van der Waals surface area contributed by atoms with Crippen LogP contribution in [0.4, 0.5) is 4.39 Å². The molecule has 1 saturated carbocycles. The smallest absolute Gasteiger partial charge is 0.254 e. The second-order valence-electron chi connectivity index (χ2n) is 10.7. The highest BCUT2D eigenvalue weighted by molar-refractivity contribution is 7.98. The van der Waals surface area contributed by atoms with Crippen LogP contribution in [0.1, 0.15) is 66.0 Å². The van der Waals surface area contributed by atoms with Crippen molar-refractivity contribution in [1.82, 2.24) is 19.8 Å². The molecule has 0 radical (unpaired) electrons. The van der Waals surface area contributed by atoms with E-state index in [4.69, 9.17) is 0 Å². The van der Waals surface area contributed by atoms with Gasteiger partial charge in [-0.1, -0.05) is 18.2 Å². The van der Waals surface area contributed by atoms with E-state index >= 15 is 0 Å². The standard InChI is InChI=1S/C29H37FN4O2S/c1-17-13-26(37-4)24(28(35)32-17)14-31-29(36)27-19(3)34(25-8-6-5-7-23(25)27)18(2)20-9-11-22(12-10-20)33-15-21(30)16-33/h5-8,13,18,20-22H,9-12,14-16H2,1-4H3,(H,31,36)(H,32,35). The van der Waals surface area contributed by atoms with Crippen molar-refractivity contribution in [3.63, 3.8) is 0 Å². The van der Waals surface area contributed by atoms with E-state index < -0.39 is 6.17 Å². The van der Waals surface area contributed by atoms with Crippen molar-refractivity contribution < 1.29 is 9.18 Å². The van der Waals surface area contributed by atoms with Crippen LogP contribution in [-0.2, 0) is 6.54 Å². The highest BCUT2D eigenvalue weighted by atomic mass is 32.2. The molecule has 0 spiro atoms. The van der Waals surface area contributed by atoms with E-state index in [-0.39, 0.29) is 24.1 Å². The topological polar surface area (TPSA) is 70.1 Å². The Morgan fingerprint density at radius 2 is 1.89 bits per heavy atom. The molecule has 1 unspecified atom stereocenters. The lowest BCUT2D eigenvalue weighted by Crippen LogP contribution is -2.54. The number of para-hydroxylation sites is 1. The molecule has 1 aliphatic heterocycles. The summed E-state index contributed by atoms with van der Waals surface area (Å²) in [6.07, 6.45) is 5.73. The minimum Gasteiger partial charge on any atom is -0.348 e. The van der Waals surface area contributed by atoms with Crippen LogP contribution in [0.15, 0.2) is 40.0 Å². The van der Waals surface area contributed by atoms with Crippen LogP contribution >= 0.6 is 11.8 Å². The zero-order valence-electron chi connectivity index (χ0n) is 22.1. The normalized spacial score (nSPS) is 21.6. The van der Waals surface area contributed by atoms with Crippen molar-refractivity contribution in [3.05, 3.63) is 63.2 Å². The van der Waals surface area contributed by atoms with E-state index in [1.807, 2.05) is 44.4 Å². The summed E-state index contributed by atoms with van der Waals surface area (Å²) in [5, 5.41) is 3.97. The number of alkyl halides is 1. The fourth-order valence-corrected chi connectivity index (χ4v) is 7.11. The minimum atomic E-state index is -0.646. The van der Waals surface area contributed by atoms with Crippen LogP contribution < -0.4 is 10.9 Å². The van der Waals surface area contributed by atoms with E-state index in [9.17, 15) is 14.0 Å². The third kappa shape index (κ3) is 4.98. The Labute approximate surface area is 222 Å². The van der Waals surface area contributed by atoms with Crippen molar-refractivity contribution in [2.45, 2.75) is 76.2 Å². The molecule has 1 aromatic carbocycles. The molecule has 2 aromatic heterocycles. The molecule has 1 aliphatic carbocycles. The highest BCUT2D eigenvalue weighted by Gasteiger charge is 2.36. The van der Waals surface area contributed by atoms with Crippen molar-refractivity contribution in [2.75, 3.05) is 19.3 Å². The summed E-state index contributed by atoms with van der Waals surface area (Å²) in [5.41, 5.74) is 3.94. The van der Waals surface area contributed by atoms with Gasteiger partial charge in [-0.3, -0.25) is 14.5 Å². The summed E-state index contributed by atoms with van der Waals surface area (Å²) in [6.45, 7) is 7.53. The molecule has 6 nitrogen and oxygen atoms in total. The fraction of sp³-hybridized carbons (Fsp3) is 0.517. The number of nitrogens with one attached hydrogen (secondary N) is 2. The SMILES string of the molecule is CSc1cc(C)[nH]c(=O)c1CNC(=O)c1c(C)n(C(C)C2CCC(N3CC(F)C3)CC2)c2ccccc12. The van der Waals surface area contributed by atoms with Crippen LogP contribution in [0.25, 0.3) is 10.9 Å². The molecular weight excluding hydrogens is 487 g/mol.